The van der Waals surface area contributed by atoms with Gasteiger partial charge in [0.05, 0.1) is 5.69 Å². The molecule has 0 spiro atoms. The third kappa shape index (κ3) is 3.96. The molecule has 3 heterocycles. The van der Waals surface area contributed by atoms with Crippen LogP contribution in [0.1, 0.15) is 29.1 Å². The Labute approximate surface area is 149 Å². The summed E-state index contributed by atoms with van der Waals surface area (Å²) in [5.41, 5.74) is 2.57. The standard InChI is InChI=1S/C19H25N5O/c1-15(17-6-4-5-8-20-17)23-10-12-24(13-11-23)19(25)18-14-16(22(2)3)7-9-21-18/h4-9,14-15H,10-13H2,1-3H3/t15-/m1/s1. The Bertz CT molecular complexity index is 711. The Balaban J connectivity index is 1.62. The highest BCUT2D eigenvalue weighted by Gasteiger charge is 2.26. The number of carbonyl (C=O) groups is 1. The number of nitrogens with zero attached hydrogens (tertiary/aromatic N) is 5. The minimum absolute atomic E-state index is 0.00818. The summed E-state index contributed by atoms with van der Waals surface area (Å²) in [5, 5.41) is 0. The van der Waals surface area contributed by atoms with Gasteiger partial charge in [-0.2, -0.15) is 0 Å². The lowest BCUT2D eigenvalue weighted by atomic mass is 10.1. The number of anilines is 1. The molecule has 1 atom stereocenters. The summed E-state index contributed by atoms with van der Waals surface area (Å²) >= 11 is 0. The molecule has 0 aliphatic carbocycles. The monoisotopic (exact) mass is 339 g/mol. The molecule has 0 aromatic carbocycles. The molecular formula is C19H25N5O. The fourth-order valence-corrected chi connectivity index (χ4v) is 3.10. The third-order valence-electron chi connectivity index (χ3n) is 4.74. The van der Waals surface area contributed by atoms with E-state index < -0.39 is 0 Å². The summed E-state index contributed by atoms with van der Waals surface area (Å²) in [5.74, 6) is 0.00818. The summed E-state index contributed by atoms with van der Waals surface area (Å²) in [6.07, 6.45) is 3.52. The van der Waals surface area contributed by atoms with Crippen molar-refractivity contribution in [3.63, 3.8) is 0 Å². The molecule has 0 saturated carbocycles. The van der Waals surface area contributed by atoms with Crippen molar-refractivity contribution >= 4 is 11.6 Å². The van der Waals surface area contributed by atoms with E-state index in [9.17, 15) is 4.79 Å². The van der Waals surface area contributed by atoms with Crippen molar-refractivity contribution in [1.29, 1.82) is 0 Å². The van der Waals surface area contributed by atoms with E-state index in [0.717, 1.165) is 24.5 Å². The summed E-state index contributed by atoms with van der Waals surface area (Å²) in [6, 6.07) is 10.0. The SMILES string of the molecule is C[C@H](c1ccccn1)N1CCN(C(=O)c2cc(N(C)C)ccn2)CC1. The van der Waals surface area contributed by atoms with Crippen LogP contribution < -0.4 is 4.90 Å². The molecule has 0 unspecified atom stereocenters. The number of hydrogen-bond acceptors (Lipinski definition) is 5. The predicted molar refractivity (Wildman–Crippen MR) is 98.7 cm³/mol. The van der Waals surface area contributed by atoms with E-state index in [-0.39, 0.29) is 11.9 Å². The van der Waals surface area contributed by atoms with E-state index in [1.54, 1.807) is 6.20 Å². The first-order valence-electron chi connectivity index (χ1n) is 8.64. The first-order chi connectivity index (χ1) is 12.1. The zero-order valence-electron chi connectivity index (χ0n) is 15.1. The van der Waals surface area contributed by atoms with Crippen molar-refractivity contribution in [3.05, 3.63) is 54.1 Å². The van der Waals surface area contributed by atoms with Crippen molar-refractivity contribution in [2.45, 2.75) is 13.0 Å². The summed E-state index contributed by atoms with van der Waals surface area (Å²) in [6.45, 7) is 5.28. The second kappa shape index (κ2) is 7.61. The number of piperazine rings is 1. The molecular weight excluding hydrogens is 314 g/mol. The number of pyridine rings is 2. The first-order valence-corrected chi connectivity index (χ1v) is 8.64. The fraction of sp³-hybridized carbons (Fsp3) is 0.421. The molecule has 1 aliphatic rings. The van der Waals surface area contributed by atoms with Gasteiger partial charge in [-0.25, -0.2) is 0 Å². The van der Waals surface area contributed by atoms with Crippen LogP contribution in [0.3, 0.4) is 0 Å². The molecule has 0 bridgehead atoms. The summed E-state index contributed by atoms with van der Waals surface area (Å²) in [7, 11) is 3.92. The summed E-state index contributed by atoms with van der Waals surface area (Å²) < 4.78 is 0. The normalized spacial score (nSPS) is 16.5. The Kier molecular flexibility index (Phi) is 5.28. The number of amides is 1. The Morgan fingerprint density at radius 3 is 2.48 bits per heavy atom. The van der Waals surface area contributed by atoms with Crippen LogP contribution >= 0.6 is 0 Å². The number of carbonyl (C=O) groups excluding carboxylic acids is 1. The lowest BCUT2D eigenvalue weighted by molar-refractivity contribution is 0.0573. The lowest BCUT2D eigenvalue weighted by Gasteiger charge is -2.37. The molecule has 0 radical (unpaired) electrons. The van der Waals surface area contributed by atoms with Crippen LogP contribution in [0.25, 0.3) is 0 Å². The molecule has 1 fully saturated rings. The molecule has 1 saturated heterocycles. The van der Waals surface area contributed by atoms with E-state index in [1.807, 2.05) is 54.4 Å². The minimum atomic E-state index is 0.00818. The van der Waals surface area contributed by atoms with Gasteiger partial charge >= 0.3 is 0 Å². The molecule has 6 nitrogen and oxygen atoms in total. The second-order valence-electron chi connectivity index (χ2n) is 6.55. The molecule has 2 aromatic rings. The van der Waals surface area contributed by atoms with Crippen molar-refractivity contribution in [3.8, 4) is 0 Å². The predicted octanol–water partition coefficient (Wildman–Crippen LogP) is 2.06. The summed E-state index contributed by atoms with van der Waals surface area (Å²) in [4.78, 5) is 27.7. The molecule has 6 heteroatoms. The smallest absolute Gasteiger partial charge is 0.272 e. The molecule has 1 amide bonds. The van der Waals surface area contributed by atoms with Gasteiger partial charge in [-0.1, -0.05) is 6.07 Å². The fourth-order valence-electron chi connectivity index (χ4n) is 3.10. The Hall–Kier alpha value is -2.47. The first kappa shape index (κ1) is 17.4. The maximum atomic E-state index is 12.7. The van der Waals surface area contributed by atoms with Gasteiger partial charge < -0.3 is 9.80 Å². The highest BCUT2D eigenvalue weighted by molar-refractivity contribution is 5.93. The number of aromatic nitrogens is 2. The minimum Gasteiger partial charge on any atom is -0.378 e. The average Bonchev–Trinajstić information content (AvgIpc) is 2.67. The number of rotatable bonds is 4. The molecule has 1 aliphatic heterocycles. The van der Waals surface area contributed by atoms with E-state index in [4.69, 9.17) is 0 Å². The van der Waals surface area contributed by atoms with Crippen LogP contribution in [0.5, 0.6) is 0 Å². The van der Waals surface area contributed by atoms with Gasteiger partial charge in [0.2, 0.25) is 0 Å². The topological polar surface area (TPSA) is 52.6 Å². The van der Waals surface area contributed by atoms with E-state index in [2.05, 4.69) is 27.9 Å². The van der Waals surface area contributed by atoms with Crippen molar-refractivity contribution in [2.75, 3.05) is 45.2 Å². The van der Waals surface area contributed by atoms with Gasteiger partial charge in [-0.15, -0.1) is 0 Å². The van der Waals surface area contributed by atoms with Gasteiger partial charge in [0.15, 0.2) is 0 Å². The quantitative estimate of drug-likeness (QED) is 0.853. The van der Waals surface area contributed by atoms with Gasteiger partial charge in [-0.05, 0) is 31.2 Å². The van der Waals surface area contributed by atoms with Gasteiger partial charge in [0, 0.05) is 64.4 Å². The van der Waals surface area contributed by atoms with E-state index >= 15 is 0 Å². The van der Waals surface area contributed by atoms with Crippen LogP contribution in [0.4, 0.5) is 5.69 Å². The molecule has 3 rings (SSSR count). The Morgan fingerprint density at radius 1 is 1.08 bits per heavy atom. The Morgan fingerprint density at radius 2 is 1.84 bits per heavy atom. The van der Waals surface area contributed by atoms with Crippen molar-refractivity contribution in [2.24, 2.45) is 0 Å². The van der Waals surface area contributed by atoms with Crippen LogP contribution in [0, 0.1) is 0 Å². The zero-order chi connectivity index (χ0) is 17.8. The van der Waals surface area contributed by atoms with Crippen LogP contribution in [-0.2, 0) is 0 Å². The highest BCUT2D eigenvalue weighted by atomic mass is 16.2. The molecule has 25 heavy (non-hydrogen) atoms. The highest BCUT2D eigenvalue weighted by Crippen LogP contribution is 2.20. The van der Waals surface area contributed by atoms with Gasteiger partial charge in [0.1, 0.15) is 5.69 Å². The third-order valence-corrected chi connectivity index (χ3v) is 4.74. The maximum Gasteiger partial charge on any atom is 0.272 e. The maximum absolute atomic E-state index is 12.7. The lowest BCUT2D eigenvalue weighted by Crippen LogP contribution is -2.49. The van der Waals surface area contributed by atoms with Crippen molar-refractivity contribution in [1.82, 2.24) is 19.8 Å². The van der Waals surface area contributed by atoms with Crippen LogP contribution in [0.2, 0.25) is 0 Å². The largest absolute Gasteiger partial charge is 0.378 e. The number of hydrogen-bond donors (Lipinski definition) is 0. The van der Waals surface area contributed by atoms with Gasteiger partial charge in [0.25, 0.3) is 5.91 Å². The van der Waals surface area contributed by atoms with Crippen molar-refractivity contribution < 1.29 is 4.79 Å². The average molecular weight is 339 g/mol. The van der Waals surface area contributed by atoms with E-state index in [1.165, 1.54) is 0 Å². The molecule has 0 N–H and O–H groups in total. The van der Waals surface area contributed by atoms with Crippen LogP contribution in [0.15, 0.2) is 42.7 Å². The van der Waals surface area contributed by atoms with E-state index in [0.29, 0.717) is 18.8 Å². The van der Waals surface area contributed by atoms with Crippen LogP contribution in [-0.4, -0.2) is 65.9 Å². The van der Waals surface area contributed by atoms with Gasteiger partial charge in [-0.3, -0.25) is 19.7 Å². The molecule has 132 valence electrons. The zero-order valence-corrected chi connectivity index (χ0v) is 15.1. The second-order valence-corrected chi connectivity index (χ2v) is 6.55. The molecule has 2 aromatic heterocycles.